The molecule has 3 rings (SSSR count). The van der Waals surface area contributed by atoms with Crippen molar-refractivity contribution in [3.05, 3.63) is 18.0 Å². The van der Waals surface area contributed by atoms with Crippen LogP contribution in [0.5, 0.6) is 0 Å². The number of rotatable bonds is 3. The highest BCUT2D eigenvalue weighted by Crippen LogP contribution is 2.41. The van der Waals surface area contributed by atoms with Gasteiger partial charge in [0, 0.05) is 30.9 Å². The van der Waals surface area contributed by atoms with E-state index < -0.39 is 0 Å². The highest BCUT2D eigenvalue weighted by molar-refractivity contribution is 5.14. The summed E-state index contributed by atoms with van der Waals surface area (Å²) in [4.78, 5) is 2.71. The molecule has 2 fully saturated rings. The molecule has 1 saturated carbocycles. The highest BCUT2D eigenvalue weighted by atomic mass is 15.3. The van der Waals surface area contributed by atoms with E-state index in [0.29, 0.717) is 12.0 Å². The normalized spacial score (nSPS) is 30.3. The van der Waals surface area contributed by atoms with Crippen LogP contribution >= 0.6 is 0 Å². The van der Waals surface area contributed by atoms with Gasteiger partial charge in [-0.15, -0.1) is 0 Å². The Morgan fingerprint density at radius 3 is 2.78 bits per heavy atom. The molecule has 4 heteroatoms. The van der Waals surface area contributed by atoms with Crippen LogP contribution in [-0.2, 0) is 7.05 Å². The lowest BCUT2D eigenvalue weighted by Gasteiger charge is -2.34. The van der Waals surface area contributed by atoms with Gasteiger partial charge in [0.05, 0.1) is 6.20 Å². The number of likely N-dealkylation sites (tertiary alicyclic amines) is 1. The Labute approximate surface area is 109 Å². The predicted octanol–water partition coefficient (Wildman–Crippen LogP) is 1.68. The molecule has 1 saturated heterocycles. The van der Waals surface area contributed by atoms with Crippen molar-refractivity contribution in [1.29, 1.82) is 0 Å². The van der Waals surface area contributed by atoms with E-state index in [0.717, 1.165) is 12.6 Å². The Morgan fingerprint density at radius 2 is 2.17 bits per heavy atom. The summed E-state index contributed by atoms with van der Waals surface area (Å²) in [5, 5.41) is 4.35. The number of hydrogen-bond donors (Lipinski definition) is 1. The van der Waals surface area contributed by atoms with Gasteiger partial charge in [-0.05, 0) is 44.7 Å². The number of nitrogens with zero attached hydrogens (tertiary/aromatic N) is 3. The lowest BCUT2D eigenvalue weighted by atomic mass is 9.91. The predicted molar refractivity (Wildman–Crippen MR) is 72.1 cm³/mol. The molecule has 1 aromatic heterocycles. The van der Waals surface area contributed by atoms with Crippen molar-refractivity contribution in [2.24, 2.45) is 18.7 Å². The van der Waals surface area contributed by atoms with Crippen molar-refractivity contribution in [1.82, 2.24) is 14.7 Å². The van der Waals surface area contributed by atoms with Crippen LogP contribution in [0.3, 0.4) is 0 Å². The number of aryl methyl sites for hydroxylation is 1. The number of hydrogen-bond acceptors (Lipinski definition) is 3. The van der Waals surface area contributed by atoms with Gasteiger partial charge in [0.2, 0.25) is 0 Å². The molecule has 1 aliphatic heterocycles. The summed E-state index contributed by atoms with van der Waals surface area (Å²) in [6.45, 7) is 2.03. The van der Waals surface area contributed by atoms with Crippen LogP contribution in [0.25, 0.3) is 0 Å². The zero-order chi connectivity index (χ0) is 12.5. The third-order valence-corrected chi connectivity index (χ3v) is 4.43. The Kier molecular flexibility index (Phi) is 3.39. The molecule has 1 aliphatic carbocycles. The van der Waals surface area contributed by atoms with Crippen molar-refractivity contribution in [2.45, 2.75) is 44.2 Å². The minimum Gasteiger partial charge on any atom is -0.330 e. The first-order valence-electron chi connectivity index (χ1n) is 7.24. The molecule has 2 aliphatic rings. The van der Waals surface area contributed by atoms with Crippen LogP contribution in [-0.4, -0.2) is 33.8 Å². The molecule has 2 unspecified atom stereocenters. The van der Waals surface area contributed by atoms with Gasteiger partial charge in [-0.2, -0.15) is 5.10 Å². The van der Waals surface area contributed by atoms with Crippen molar-refractivity contribution in [3.8, 4) is 0 Å². The molecule has 0 spiro atoms. The van der Waals surface area contributed by atoms with Crippen LogP contribution in [0.2, 0.25) is 0 Å². The summed E-state index contributed by atoms with van der Waals surface area (Å²) in [5.41, 5.74) is 7.40. The lowest BCUT2D eigenvalue weighted by Crippen LogP contribution is -2.37. The average Bonchev–Trinajstić information content (AvgIpc) is 3.14. The summed E-state index contributed by atoms with van der Waals surface area (Å²) in [7, 11) is 2.00. The molecular formula is C14H24N4. The van der Waals surface area contributed by atoms with Gasteiger partial charge < -0.3 is 5.73 Å². The summed E-state index contributed by atoms with van der Waals surface area (Å²) >= 11 is 0. The zero-order valence-corrected chi connectivity index (χ0v) is 11.3. The molecule has 0 bridgehead atoms. The molecule has 2 N–H and O–H groups in total. The van der Waals surface area contributed by atoms with Gasteiger partial charge in [0.25, 0.3) is 0 Å². The Balaban J connectivity index is 1.90. The van der Waals surface area contributed by atoms with Crippen molar-refractivity contribution < 1.29 is 0 Å². The van der Waals surface area contributed by atoms with E-state index in [1.165, 1.54) is 44.2 Å². The molecule has 18 heavy (non-hydrogen) atoms. The summed E-state index contributed by atoms with van der Waals surface area (Å²) < 4.78 is 1.92. The minimum atomic E-state index is 0.499. The Hall–Kier alpha value is -0.870. The van der Waals surface area contributed by atoms with Crippen molar-refractivity contribution in [2.75, 3.05) is 13.1 Å². The van der Waals surface area contributed by atoms with Crippen LogP contribution < -0.4 is 5.73 Å². The third kappa shape index (κ3) is 2.31. The first-order chi connectivity index (χ1) is 8.79. The van der Waals surface area contributed by atoms with Gasteiger partial charge in [0.1, 0.15) is 0 Å². The standard InChI is InChI=1S/C14H24N4/c1-17-10-12(9-16-17)14-11(8-15)4-2-3-7-18(14)13-5-6-13/h9-11,13-14H,2-8,15H2,1H3. The van der Waals surface area contributed by atoms with Gasteiger partial charge in [-0.25, -0.2) is 0 Å². The van der Waals surface area contributed by atoms with Gasteiger partial charge in [-0.1, -0.05) is 6.42 Å². The molecule has 2 heterocycles. The third-order valence-electron chi connectivity index (χ3n) is 4.43. The van der Waals surface area contributed by atoms with E-state index in [9.17, 15) is 0 Å². The van der Waals surface area contributed by atoms with Gasteiger partial charge in [0.15, 0.2) is 0 Å². The molecule has 2 atom stereocenters. The quantitative estimate of drug-likeness (QED) is 0.885. The second-order valence-corrected chi connectivity index (χ2v) is 5.85. The van der Waals surface area contributed by atoms with Crippen LogP contribution in [0.1, 0.15) is 43.7 Å². The van der Waals surface area contributed by atoms with Crippen molar-refractivity contribution in [3.63, 3.8) is 0 Å². The van der Waals surface area contributed by atoms with E-state index in [2.05, 4.69) is 16.2 Å². The molecule has 1 aromatic rings. The zero-order valence-electron chi connectivity index (χ0n) is 11.3. The van der Waals surface area contributed by atoms with E-state index in [4.69, 9.17) is 5.73 Å². The maximum absolute atomic E-state index is 6.04. The first-order valence-corrected chi connectivity index (χ1v) is 7.24. The van der Waals surface area contributed by atoms with E-state index >= 15 is 0 Å². The van der Waals surface area contributed by atoms with Gasteiger partial charge in [-0.3, -0.25) is 9.58 Å². The van der Waals surface area contributed by atoms with Crippen LogP contribution in [0.15, 0.2) is 12.4 Å². The van der Waals surface area contributed by atoms with E-state index in [1.54, 1.807) is 0 Å². The fourth-order valence-corrected chi connectivity index (χ4v) is 3.39. The fourth-order valence-electron chi connectivity index (χ4n) is 3.39. The minimum absolute atomic E-state index is 0.499. The largest absolute Gasteiger partial charge is 0.330 e. The van der Waals surface area contributed by atoms with E-state index in [1.807, 2.05) is 17.9 Å². The summed E-state index contributed by atoms with van der Waals surface area (Å²) in [6.07, 6.45) is 10.9. The second kappa shape index (κ2) is 5.02. The van der Waals surface area contributed by atoms with Crippen molar-refractivity contribution >= 4 is 0 Å². The maximum Gasteiger partial charge on any atom is 0.0537 e. The number of nitrogens with two attached hydrogens (primary N) is 1. The van der Waals surface area contributed by atoms with Crippen LogP contribution in [0, 0.1) is 5.92 Å². The topological polar surface area (TPSA) is 47.1 Å². The average molecular weight is 248 g/mol. The molecule has 100 valence electrons. The second-order valence-electron chi connectivity index (χ2n) is 5.85. The van der Waals surface area contributed by atoms with Gasteiger partial charge >= 0.3 is 0 Å². The Bertz CT molecular complexity index is 396. The lowest BCUT2D eigenvalue weighted by molar-refractivity contribution is 0.149. The summed E-state index contributed by atoms with van der Waals surface area (Å²) in [5.74, 6) is 0.595. The Morgan fingerprint density at radius 1 is 1.33 bits per heavy atom. The number of aromatic nitrogens is 2. The fraction of sp³-hybridized carbons (Fsp3) is 0.786. The van der Waals surface area contributed by atoms with E-state index in [-0.39, 0.29) is 0 Å². The summed E-state index contributed by atoms with van der Waals surface area (Å²) in [6, 6.07) is 1.31. The first kappa shape index (κ1) is 12.2. The molecular weight excluding hydrogens is 224 g/mol. The SMILES string of the molecule is Cn1cc(C2C(CN)CCCCN2C2CC2)cn1. The smallest absolute Gasteiger partial charge is 0.0537 e. The molecule has 4 nitrogen and oxygen atoms in total. The van der Waals surface area contributed by atoms with Crippen LogP contribution in [0.4, 0.5) is 0 Å². The monoisotopic (exact) mass is 248 g/mol. The molecule has 0 aromatic carbocycles. The maximum atomic E-state index is 6.04. The highest BCUT2D eigenvalue weighted by Gasteiger charge is 2.39. The molecule has 0 radical (unpaired) electrons. The molecule has 0 amide bonds.